The number of aliphatic hydroxyl groups is 5. The second kappa shape index (κ2) is 46.8. The molecule has 7 atom stereocenters. The van der Waals surface area contributed by atoms with Crippen LogP contribution in [0.25, 0.3) is 0 Å². The Kier molecular flexibility index (Phi) is 43.4. The third-order valence-corrected chi connectivity index (χ3v) is 12.1. The molecule has 67 heavy (non-hydrogen) atoms. The lowest BCUT2D eigenvalue weighted by molar-refractivity contribution is -0.302. The van der Waals surface area contributed by atoms with E-state index in [0.717, 1.165) is 77.0 Å². The number of ether oxygens (including phenoxy) is 2. The van der Waals surface area contributed by atoms with Gasteiger partial charge < -0.3 is 40.3 Å². The van der Waals surface area contributed by atoms with Crippen molar-refractivity contribution in [2.75, 3.05) is 13.2 Å². The van der Waals surface area contributed by atoms with Gasteiger partial charge in [-0.2, -0.15) is 0 Å². The van der Waals surface area contributed by atoms with E-state index in [2.05, 4.69) is 97.3 Å². The Balaban J connectivity index is 1.93. The number of amides is 1. The summed E-state index contributed by atoms with van der Waals surface area (Å²) in [5.41, 5.74) is 0. The predicted octanol–water partition coefficient (Wildman–Crippen LogP) is 12.8. The van der Waals surface area contributed by atoms with Gasteiger partial charge in [0.25, 0.3) is 0 Å². The Morgan fingerprint density at radius 3 is 1.34 bits per heavy atom. The first kappa shape index (κ1) is 62.1. The quantitative estimate of drug-likeness (QED) is 0.0261. The lowest BCUT2D eigenvalue weighted by Gasteiger charge is -2.40. The summed E-state index contributed by atoms with van der Waals surface area (Å²) in [4.78, 5) is 12.8. The Labute approximate surface area is 409 Å². The molecule has 1 aliphatic rings. The molecule has 0 radical (unpaired) electrons. The van der Waals surface area contributed by atoms with Gasteiger partial charge in [-0.1, -0.05) is 227 Å². The zero-order chi connectivity index (χ0) is 48.7. The number of hydrogen-bond donors (Lipinski definition) is 6. The number of allylic oxidation sites excluding steroid dienone is 15. The fourth-order valence-electron chi connectivity index (χ4n) is 7.91. The van der Waals surface area contributed by atoms with E-state index in [0.29, 0.717) is 6.42 Å². The number of carbonyl (C=O) groups is 1. The van der Waals surface area contributed by atoms with Crippen molar-refractivity contribution >= 4 is 5.91 Å². The van der Waals surface area contributed by atoms with Crippen molar-refractivity contribution in [1.82, 2.24) is 5.32 Å². The molecule has 0 spiro atoms. The molecule has 1 rings (SSSR count). The molecule has 1 amide bonds. The molecule has 1 heterocycles. The highest BCUT2D eigenvalue weighted by Gasteiger charge is 2.44. The summed E-state index contributed by atoms with van der Waals surface area (Å²) in [6, 6.07) is -0.802. The summed E-state index contributed by atoms with van der Waals surface area (Å²) >= 11 is 0. The minimum Gasteiger partial charge on any atom is -0.394 e. The van der Waals surface area contributed by atoms with Crippen LogP contribution in [0, 0.1) is 0 Å². The summed E-state index contributed by atoms with van der Waals surface area (Å²) in [6.45, 7) is 3.43. The van der Waals surface area contributed by atoms with Gasteiger partial charge in [0.15, 0.2) is 6.29 Å². The standard InChI is InChI=1S/C58H99NO8/c1-3-5-7-8-9-10-11-12-13-14-15-16-17-18-19-20-21-22-23-24-25-26-27-28-29-30-31-32-33-34-35-36-37-38-39-40-41-42-43-44-46-48-54(62)59-51(52(61)47-45-6-4-2)50-66-58-57(65)56(64)55(63)53(49-60)67-58/h5,7,9-10,12-13,15-16,18-19,21-22,24-25,45,47,51-53,55-58,60-61,63-65H,3-4,6,8,11,14,17,20,23,26-44,46,48-50H2,1-2H3,(H,59,62)/b7-5-,10-9-,13-12-,16-15-,19-18-,22-21-,25-24-,47-45+. The van der Waals surface area contributed by atoms with Gasteiger partial charge in [-0.05, 0) is 70.6 Å². The van der Waals surface area contributed by atoms with Crippen LogP contribution in [-0.4, -0.2) is 87.5 Å². The van der Waals surface area contributed by atoms with E-state index < -0.39 is 49.5 Å². The first-order valence-corrected chi connectivity index (χ1v) is 27.0. The SMILES string of the molecule is CC/C=C\C/C=C\C/C=C\C/C=C\C/C=C\C/C=C\C/C=C\CCCCCCCCCCCCCCCCCCCCCC(=O)NC(COC1OC(CO)C(O)C(O)C1O)C(O)/C=C/CCC. The van der Waals surface area contributed by atoms with Crippen LogP contribution in [0.5, 0.6) is 0 Å². The van der Waals surface area contributed by atoms with Crippen molar-refractivity contribution in [3.8, 4) is 0 Å². The minimum absolute atomic E-state index is 0.191. The van der Waals surface area contributed by atoms with E-state index in [1.807, 2.05) is 13.0 Å². The molecule has 6 N–H and O–H groups in total. The van der Waals surface area contributed by atoms with Crippen LogP contribution in [0.1, 0.15) is 206 Å². The molecule has 7 unspecified atom stereocenters. The van der Waals surface area contributed by atoms with Crippen molar-refractivity contribution in [3.63, 3.8) is 0 Å². The highest BCUT2D eigenvalue weighted by Crippen LogP contribution is 2.23. The van der Waals surface area contributed by atoms with Gasteiger partial charge in [0, 0.05) is 6.42 Å². The molecule has 9 nitrogen and oxygen atoms in total. The van der Waals surface area contributed by atoms with Gasteiger partial charge in [-0.3, -0.25) is 4.79 Å². The van der Waals surface area contributed by atoms with E-state index >= 15 is 0 Å². The number of carbonyl (C=O) groups excluding carboxylic acids is 1. The molecular formula is C58H99NO8. The molecular weight excluding hydrogens is 839 g/mol. The van der Waals surface area contributed by atoms with Crippen LogP contribution in [0.2, 0.25) is 0 Å². The highest BCUT2D eigenvalue weighted by molar-refractivity contribution is 5.76. The molecule has 1 fully saturated rings. The van der Waals surface area contributed by atoms with Gasteiger partial charge >= 0.3 is 0 Å². The maximum absolute atomic E-state index is 12.8. The number of aliphatic hydroxyl groups excluding tert-OH is 5. The van der Waals surface area contributed by atoms with Crippen molar-refractivity contribution in [1.29, 1.82) is 0 Å². The van der Waals surface area contributed by atoms with Crippen LogP contribution < -0.4 is 5.32 Å². The summed E-state index contributed by atoms with van der Waals surface area (Å²) in [5, 5.41) is 53.5. The first-order chi connectivity index (χ1) is 32.8. The average Bonchev–Trinajstić information content (AvgIpc) is 3.33. The molecule has 1 aliphatic heterocycles. The largest absolute Gasteiger partial charge is 0.394 e. The molecule has 384 valence electrons. The number of hydrogen-bond acceptors (Lipinski definition) is 8. The first-order valence-electron chi connectivity index (χ1n) is 27.0. The van der Waals surface area contributed by atoms with Crippen LogP contribution in [0.15, 0.2) is 97.2 Å². The van der Waals surface area contributed by atoms with Crippen molar-refractivity contribution in [2.24, 2.45) is 0 Å². The van der Waals surface area contributed by atoms with Crippen molar-refractivity contribution in [3.05, 3.63) is 97.2 Å². The number of rotatable bonds is 44. The van der Waals surface area contributed by atoms with E-state index in [-0.39, 0.29) is 12.5 Å². The van der Waals surface area contributed by atoms with Crippen molar-refractivity contribution < 1.29 is 39.8 Å². The van der Waals surface area contributed by atoms with E-state index in [4.69, 9.17) is 9.47 Å². The van der Waals surface area contributed by atoms with Crippen LogP contribution >= 0.6 is 0 Å². The molecule has 0 bridgehead atoms. The zero-order valence-corrected chi connectivity index (χ0v) is 42.4. The third-order valence-electron chi connectivity index (χ3n) is 12.1. The van der Waals surface area contributed by atoms with E-state index in [1.54, 1.807) is 6.08 Å². The van der Waals surface area contributed by atoms with Crippen LogP contribution in [0.3, 0.4) is 0 Å². The Morgan fingerprint density at radius 1 is 0.522 bits per heavy atom. The Hall–Kier alpha value is -2.89. The van der Waals surface area contributed by atoms with Gasteiger partial charge in [0.1, 0.15) is 24.4 Å². The lowest BCUT2D eigenvalue weighted by Crippen LogP contribution is -2.60. The number of unbranched alkanes of at least 4 members (excludes halogenated alkanes) is 20. The van der Waals surface area contributed by atoms with Crippen LogP contribution in [-0.2, 0) is 14.3 Å². The second-order valence-electron chi connectivity index (χ2n) is 18.3. The fraction of sp³-hybridized carbons (Fsp3) is 0.707. The van der Waals surface area contributed by atoms with E-state index in [9.17, 15) is 30.3 Å². The van der Waals surface area contributed by atoms with Gasteiger partial charge in [0.2, 0.25) is 5.91 Å². The van der Waals surface area contributed by atoms with E-state index in [1.165, 1.54) is 109 Å². The van der Waals surface area contributed by atoms with Crippen molar-refractivity contribution in [2.45, 2.75) is 249 Å². The molecule has 0 aromatic carbocycles. The molecule has 0 aliphatic carbocycles. The molecule has 0 saturated carbocycles. The highest BCUT2D eigenvalue weighted by atomic mass is 16.7. The fourth-order valence-corrected chi connectivity index (χ4v) is 7.91. The summed E-state index contributed by atoms with van der Waals surface area (Å²) in [5.74, 6) is -0.191. The number of nitrogens with one attached hydrogen (secondary N) is 1. The third kappa shape index (κ3) is 36.7. The van der Waals surface area contributed by atoms with Crippen LogP contribution in [0.4, 0.5) is 0 Å². The Morgan fingerprint density at radius 2 is 0.925 bits per heavy atom. The summed E-state index contributed by atoms with van der Waals surface area (Å²) in [7, 11) is 0. The predicted molar refractivity (Wildman–Crippen MR) is 281 cm³/mol. The minimum atomic E-state index is -1.56. The maximum Gasteiger partial charge on any atom is 0.220 e. The van der Waals surface area contributed by atoms with Gasteiger partial charge in [-0.25, -0.2) is 0 Å². The Bertz CT molecular complexity index is 1370. The normalized spacial score (nSPS) is 20.5. The monoisotopic (exact) mass is 938 g/mol. The zero-order valence-electron chi connectivity index (χ0n) is 42.4. The maximum atomic E-state index is 12.8. The van der Waals surface area contributed by atoms with Gasteiger partial charge in [0.05, 0.1) is 25.4 Å². The molecule has 1 saturated heterocycles. The lowest BCUT2D eigenvalue weighted by atomic mass is 9.99. The molecule has 0 aromatic heterocycles. The topological polar surface area (TPSA) is 149 Å². The average molecular weight is 938 g/mol. The van der Waals surface area contributed by atoms with Gasteiger partial charge in [-0.15, -0.1) is 0 Å². The summed E-state index contributed by atoms with van der Waals surface area (Å²) < 4.78 is 11.1. The second-order valence-corrected chi connectivity index (χ2v) is 18.3. The smallest absolute Gasteiger partial charge is 0.220 e. The molecule has 0 aromatic rings. The molecule has 9 heteroatoms. The summed E-state index contributed by atoms with van der Waals surface area (Å²) in [6.07, 6.45) is 61.7.